The monoisotopic (exact) mass is 817 g/mol. The Kier molecular flexibility index (Phi) is 36.8. The summed E-state index contributed by atoms with van der Waals surface area (Å²) in [6.45, 7) is 2.53. The number of ether oxygens (including phenoxy) is 2. The van der Waals surface area contributed by atoms with Crippen molar-refractivity contribution in [2.45, 2.75) is 148 Å². The standard InChI is InChI=1S/C45H72NO10P/c1-3-5-7-9-11-13-15-17-19-20-21-22-23-25-27-29-31-33-35-37-44(48)56-41(39-54-57(51,52)55-40-42(46)45(49)50)38-53-43(47)36-34-32-30-28-26-24-18-16-14-12-10-8-6-4-2/h5,7,10-13,16-19,21-22,25,27,31,33,41-42H,3-4,6,8-9,14-15,20,23-24,26,28-30,32,34-40,46H2,1-2H3,(H,49,50)(H,51,52)/b7-5-,12-10-,13-11-,18-16-,19-17-,22-21-,27-25-,33-31-. The number of carbonyl (C=O) groups is 3. The van der Waals surface area contributed by atoms with E-state index in [-0.39, 0.29) is 19.4 Å². The Morgan fingerprint density at radius 3 is 1.54 bits per heavy atom. The van der Waals surface area contributed by atoms with Crippen molar-refractivity contribution in [3.05, 3.63) is 97.2 Å². The fourth-order valence-electron chi connectivity index (χ4n) is 4.81. The van der Waals surface area contributed by atoms with Crippen LogP contribution in [-0.4, -0.2) is 59.9 Å². The number of carboxylic acids is 1. The molecule has 4 N–H and O–H groups in total. The molecule has 0 aromatic rings. The number of esters is 2. The van der Waals surface area contributed by atoms with Crippen molar-refractivity contribution in [2.75, 3.05) is 19.8 Å². The smallest absolute Gasteiger partial charge is 0.472 e. The van der Waals surface area contributed by atoms with Crippen molar-refractivity contribution in [2.24, 2.45) is 5.73 Å². The molecule has 0 saturated carbocycles. The summed E-state index contributed by atoms with van der Waals surface area (Å²) in [5.41, 5.74) is 5.32. The number of carbonyl (C=O) groups excluding carboxylic acids is 2. The van der Waals surface area contributed by atoms with Crippen molar-refractivity contribution in [3.63, 3.8) is 0 Å². The van der Waals surface area contributed by atoms with Gasteiger partial charge in [-0.2, -0.15) is 0 Å². The molecular formula is C45H72NO10P. The number of rotatable bonds is 37. The van der Waals surface area contributed by atoms with E-state index in [1.54, 1.807) is 0 Å². The zero-order valence-corrected chi connectivity index (χ0v) is 35.5. The molecule has 0 bridgehead atoms. The third-order valence-corrected chi connectivity index (χ3v) is 9.03. The molecule has 0 spiro atoms. The van der Waals surface area contributed by atoms with Gasteiger partial charge in [-0.05, 0) is 77.0 Å². The lowest BCUT2D eigenvalue weighted by Crippen LogP contribution is -2.34. The number of carboxylic acid groups (broad SMARTS) is 1. The van der Waals surface area contributed by atoms with E-state index >= 15 is 0 Å². The molecule has 0 radical (unpaired) electrons. The van der Waals surface area contributed by atoms with Crippen LogP contribution in [0.3, 0.4) is 0 Å². The van der Waals surface area contributed by atoms with E-state index in [0.29, 0.717) is 19.3 Å². The number of phosphoric acid groups is 1. The summed E-state index contributed by atoms with van der Waals surface area (Å²) >= 11 is 0. The number of nitrogens with two attached hydrogens (primary N) is 1. The van der Waals surface area contributed by atoms with Gasteiger partial charge in [0.25, 0.3) is 0 Å². The van der Waals surface area contributed by atoms with Gasteiger partial charge in [-0.15, -0.1) is 0 Å². The number of unbranched alkanes of at least 4 members (excludes halogenated alkanes) is 7. The average Bonchev–Trinajstić information content (AvgIpc) is 3.19. The molecule has 0 aliphatic carbocycles. The van der Waals surface area contributed by atoms with Crippen LogP contribution in [0.5, 0.6) is 0 Å². The van der Waals surface area contributed by atoms with Crippen LogP contribution < -0.4 is 5.73 Å². The lowest BCUT2D eigenvalue weighted by molar-refractivity contribution is -0.161. The molecule has 0 saturated heterocycles. The summed E-state index contributed by atoms with van der Waals surface area (Å²) in [5.74, 6) is -2.52. The van der Waals surface area contributed by atoms with Crippen LogP contribution in [-0.2, 0) is 37.5 Å². The summed E-state index contributed by atoms with van der Waals surface area (Å²) in [6.07, 6.45) is 49.2. The SMILES string of the molecule is CC/C=C\C/C=C\C/C=C\C/C=C\C/C=C\C/C=C\CCC(=O)OC(COC(=O)CCCCCCC/C=C\C/C=C\CCCC)COP(=O)(O)OCC(N)C(=O)O. The second kappa shape index (κ2) is 39.2. The second-order valence-electron chi connectivity index (χ2n) is 13.4. The van der Waals surface area contributed by atoms with Gasteiger partial charge in [0, 0.05) is 12.8 Å². The van der Waals surface area contributed by atoms with Gasteiger partial charge < -0.3 is 25.2 Å². The van der Waals surface area contributed by atoms with Crippen molar-refractivity contribution >= 4 is 25.7 Å². The molecule has 12 heteroatoms. The van der Waals surface area contributed by atoms with Gasteiger partial charge in [0.15, 0.2) is 6.10 Å². The Bertz CT molecular complexity index is 1330. The predicted molar refractivity (Wildman–Crippen MR) is 230 cm³/mol. The second-order valence-corrected chi connectivity index (χ2v) is 14.8. The molecule has 11 nitrogen and oxygen atoms in total. The van der Waals surface area contributed by atoms with E-state index in [1.807, 2.05) is 18.2 Å². The zero-order valence-electron chi connectivity index (χ0n) is 34.6. The largest absolute Gasteiger partial charge is 0.480 e. The Balaban J connectivity index is 4.57. The fraction of sp³-hybridized carbons (Fsp3) is 0.578. The Hall–Kier alpha value is -3.60. The predicted octanol–water partition coefficient (Wildman–Crippen LogP) is 10.9. The highest BCUT2D eigenvalue weighted by Crippen LogP contribution is 2.43. The van der Waals surface area contributed by atoms with Gasteiger partial charge in [-0.25, -0.2) is 4.57 Å². The molecule has 0 fully saturated rings. The van der Waals surface area contributed by atoms with E-state index in [1.165, 1.54) is 12.8 Å². The molecule has 0 amide bonds. The first-order valence-corrected chi connectivity index (χ1v) is 22.3. The molecule has 0 rings (SSSR count). The minimum atomic E-state index is -4.74. The third kappa shape index (κ3) is 39.0. The highest BCUT2D eigenvalue weighted by molar-refractivity contribution is 7.47. The van der Waals surface area contributed by atoms with E-state index in [2.05, 4.69) is 97.4 Å². The van der Waals surface area contributed by atoms with Gasteiger partial charge >= 0.3 is 25.7 Å². The fourth-order valence-corrected chi connectivity index (χ4v) is 5.59. The summed E-state index contributed by atoms with van der Waals surface area (Å²) in [6, 6.07) is -1.54. The van der Waals surface area contributed by atoms with Gasteiger partial charge in [-0.3, -0.25) is 23.4 Å². The first-order valence-electron chi connectivity index (χ1n) is 20.8. The number of hydrogen-bond acceptors (Lipinski definition) is 9. The number of allylic oxidation sites excluding steroid dienone is 16. The van der Waals surface area contributed by atoms with Crippen molar-refractivity contribution < 1.29 is 47.5 Å². The molecular weight excluding hydrogens is 745 g/mol. The van der Waals surface area contributed by atoms with Crippen LogP contribution in [0.1, 0.15) is 136 Å². The quantitative estimate of drug-likeness (QED) is 0.0236. The molecule has 57 heavy (non-hydrogen) atoms. The minimum absolute atomic E-state index is 0.0270. The van der Waals surface area contributed by atoms with E-state index in [4.69, 9.17) is 24.8 Å². The average molecular weight is 818 g/mol. The van der Waals surface area contributed by atoms with Crippen LogP contribution >= 0.6 is 7.82 Å². The first-order chi connectivity index (χ1) is 27.6. The van der Waals surface area contributed by atoms with Crippen LogP contribution in [0, 0.1) is 0 Å². The zero-order chi connectivity index (χ0) is 42.1. The molecule has 0 aromatic carbocycles. The van der Waals surface area contributed by atoms with Crippen molar-refractivity contribution in [3.8, 4) is 0 Å². The summed E-state index contributed by atoms with van der Waals surface area (Å²) in [7, 11) is -4.74. The van der Waals surface area contributed by atoms with Gasteiger partial charge in [0.2, 0.25) is 0 Å². The molecule has 0 heterocycles. The summed E-state index contributed by atoms with van der Waals surface area (Å²) in [4.78, 5) is 45.9. The highest BCUT2D eigenvalue weighted by Gasteiger charge is 2.28. The normalized spacial score (nSPS) is 14.7. The Morgan fingerprint density at radius 1 is 0.561 bits per heavy atom. The maximum Gasteiger partial charge on any atom is 0.472 e. The van der Waals surface area contributed by atoms with Crippen LogP contribution in [0.2, 0.25) is 0 Å². The van der Waals surface area contributed by atoms with Crippen LogP contribution in [0.4, 0.5) is 0 Å². The highest BCUT2D eigenvalue weighted by atomic mass is 31.2. The minimum Gasteiger partial charge on any atom is -0.480 e. The van der Waals surface area contributed by atoms with Gasteiger partial charge in [-0.1, -0.05) is 143 Å². The van der Waals surface area contributed by atoms with E-state index < -0.39 is 51.1 Å². The van der Waals surface area contributed by atoms with Crippen molar-refractivity contribution in [1.29, 1.82) is 0 Å². The maximum atomic E-state index is 12.6. The van der Waals surface area contributed by atoms with Crippen molar-refractivity contribution in [1.82, 2.24) is 0 Å². The molecule has 322 valence electrons. The topological polar surface area (TPSA) is 172 Å². The molecule has 0 aliphatic heterocycles. The van der Waals surface area contributed by atoms with E-state index in [0.717, 1.165) is 77.0 Å². The van der Waals surface area contributed by atoms with Gasteiger partial charge in [0.1, 0.15) is 12.6 Å². The molecule has 0 aliphatic rings. The third-order valence-electron chi connectivity index (χ3n) is 8.08. The van der Waals surface area contributed by atoms with Crippen LogP contribution in [0.25, 0.3) is 0 Å². The Labute approximate surface area is 343 Å². The number of aliphatic carboxylic acids is 1. The summed E-state index contributed by atoms with van der Waals surface area (Å²) < 4.78 is 32.5. The molecule has 3 unspecified atom stereocenters. The number of hydrogen-bond donors (Lipinski definition) is 3. The summed E-state index contributed by atoms with van der Waals surface area (Å²) in [5, 5.41) is 8.88. The molecule has 0 aromatic heterocycles. The van der Waals surface area contributed by atoms with Crippen LogP contribution in [0.15, 0.2) is 97.2 Å². The van der Waals surface area contributed by atoms with E-state index in [9.17, 15) is 23.8 Å². The van der Waals surface area contributed by atoms with Gasteiger partial charge in [0.05, 0.1) is 13.2 Å². The Morgan fingerprint density at radius 2 is 1.02 bits per heavy atom. The number of phosphoric ester groups is 1. The lowest BCUT2D eigenvalue weighted by Gasteiger charge is -2.20. The first kappa shape index (κ1) is 53.4. The molecule has 3 atom stereocenters. The lowest BCUT2D eigenvalue weighted by atomic mass is 10.1. The maximum absolute atomic E-state index is 12.6.